The lowest BCUT2D eigenvalue weighted by atomic mass is 10.2. The van der Waals surface area contributed by atoms with E-state index in [2.05, 4.69) is 35.4 Å². The van der Waals surface area contributed by atoms with Crippen molar-refractivity contribution in [2.24, 2.45) is 5.92 Å². The van der Waals surface area contributed by atoms with E-state index in [9.17, 15) is 0 Å². The Kier molecular flexibility index (Phi) is 6.44. The van der Waals surface area contributed by atoms with Gasteiger partial charge in [-0.05, 0) is 19.3 Å². The molecule has 4 nitrogen and oxygen atoms in total. The van der Waals surface area contributed by atoms with Crippen LogP contribution in [0, 0.1) is 5.92 Å². The number of hydrogen-bond donors (Lipinski definition) is 1. The number of anilines is 1. The summed E-state index contributed by atoms with van der Waals surface area (Å²) in [7, 11) is 0. The minimum atomic E-state index is 0.0517. The Morgan fingerprint density at radius 2 is 2.12 bits per heavy atom. The molecule has 0 aliphatic heterocycles. The predicted molar refractivity (Wildman–Crippen MR) is 72.5 cm³/mol. The number of nitrogens with one attached hydrogen (secondary N) is 1. The van der Waals surface area contributed by atoms with Crippen LogP contribution in [0.5, 0.6) is 0 Å². The fourth-order valence-corrected chi connectivity index (χ4v) is 2.10. The van der Waals surface area contributed by atoms with Crippen molar-refractivity contribution in [3.8, 4) is 0 Å². The zero-order valence-electron chi connectivity index (χ0n) is 11.2. The third-order valence-electron chi connectivity index (χ3n) is 2.31. The lowest BCUT2D eigenvalue weighted by Gasteiger charge is -2.12. The van der Waals surface area contributed by atoms with E-state index in [1.807, 2.05) is 6.92 Å². The summed E-state index contributed by atoms with van der Waals surface area (Å²) < 4.78 is 10.0. The first kappa shape index (κ1) is 14.4. The lowest BCUT2D eigenvalue weighted by molar-refractivity contribution is 0.0503. The molecule has 1 aromatic heterocycles. The molecular formula is C12H23N3OS. The van der Waals surface area contributed by atoms with E-state index >= 15 is 0 Å². The molecule has 0 aliphatic rings. The SMILES string of the molecule is CCCC(OCC)c1nsc(NCC(C)C)n1. The van der Waals surface area contributed by atoms with E-state index in [1.54, 1.807) is 0 Å². The molecule has 17 heavy (non-hydrogen) atoms. The summed E-state index contributed by atoms with van der Waals surface area (Å²) in [4.78, 5) is 4.49. The van der Waals surface area contributed by atoms with Crippen LogP contribution in [0.3, 0.4) is 0 Å². The topological polar surface area (TPSA) is 47.0 Å². The molecule has 98 valence electrons. The Morgan fingerprint density at radius 1 is 1.35 bits per heavy atom. The normalized spacial score (nSPS) is 13.0. The molecule has 1 unspecified atom stereocenters. The highest BCUT2D eigenvalue weighted by Crippen LogP contribution is 2.23. The summed E-state index contributed by atoms with van der Waals surface area (Å²) in [6.45, 7) is 10.1. The average Bonchev–Trinajstić information content (AvgIpc) is 2.74. The molecule has 0 saturated carbocycles. The van der Waals surface area contributed by atoms with Gasteiger partial charge < -0.3 is 10.1 Å². The fourth-order valence-electron chi connectivity index (χ4n) is 1.48. The second kappa shape index (κ2) is 7.61. The van der Waals surface area contributed by atoms with Gasteiger partial charge in [-0.15, -0.1) is 0 Å². The monoisotopic (exact) mass is 257 g/mol. The highest BCUT2D eigenvalue weighted by atomic mass is 32.1. The number of hydrogen-bond acceptors (Lipinski definition) is 5. The third-order valence-corrected chi connectivity index (χ3v) is 3.00. The van der Waals surface area contributed by atoms with Crippen LogP contribution < -0.4 is 5.32 Å². The van der Waals surface area contributed by atoms with Crippen molar-refractivity contribution in [1.82, 2.24) is 9.36 Å². The molecule has 1 N–H and O–H groups in total. The quantitative estimate of drug-likeness (QED) is 0.774. The van der Waals surface area contributed by atoms with Gasteiger partial charge in [0.15, 0.2) is 5.82 Å². The second-order valence-corrected chi connectivity index (χ2v) is 5.22. The standard InChI is InChI=1S/C12H23N3OS/c1-5-7-10(16-6-2)11-14-12(17-15-11)13-8-9(3)4/h9-10H,5-8H2,1-4H3,(H,13,14,15). The highest BCUT2D eigenvalue weighted by Gasteiger charge is 2.16. The summed E-state index contributed by atoms with van der Waals surface area (Å²) in [5.74, 6) is 1.44. The van der Waals surface area contributed by atoms with E-state index in [4.69, 9.17) is 4.74 Å². The number of ether oxygens (including phenoxy) is 1. The highest BCUT2D eigenvalue weighted by molar-refractivity contribution is 7.09. The Morgan fingerprint density at radius 3 is 2.71 bits per heavy atom. The molecule has 0 bridgehead atoms. The summed E-state index contributed by atoms with van der Waals surface area (Å²) in [5, 5.41) is 4.19. The molecule has 0 radical (unpaired) electrons. The van der Waals surface area contributed by atoms with Gasteiger partial charge in [-0.3, -0.25) is 0 Å². The van der Waals surface area contributed by atoms with Crippen LogP contribution in [0.25, 0.3) is 0 Å². The van der Waals surface area contributed by atoms with Gasteiger partial charge in [0.25, 0.3) is 0 Å². The van der Waals surface area contributed by atoms with Gasteiger partial charge >= 0.3 is 0 Å². The van der Waals surface area contributed by atoms with E-state index < -0.39 is 0 Å². The summed E-state index contributed by atoms with van der Waals surface area (Å²) in [5.41, 5.74) is 0. The summed E-state index contributed by atoms with van der Waals surface area (Å²) >= 11 is 1.42. The first-order valence-corrected chi connectivity index (χ1v) is 7.13. The maximum absolute atomic E-state index is 5.66. The van der Waals surface area contributed by atoms with Crippen molar-refractivity contribution in [3.05, 3.63) is 5.82 Å². The van der Waals surface area contributed by atoms with Crippen molar-refractivity contribution in [1.29, 1.82) is 0 Å². The van der Waals surface area contributed by atoms with Gasteiger partial charge in [-0.2, -0.15) is 4.37 Å². The molecule has 0 aromatic carbocycles. The van der Waals surface area contributed by atoms with E-state index in [0.29, 0.717) is 12.5 Å². The molecular weight excluding hydrogens is 234 g/mol. The van der Waals surface area contributed by atoms with Crippen LogP contribution in [0.15, 0.2) is 0 Å². The van der Waals surface area contributed by atoms with Gasteiger partial charge in [-0.1, -0.05) is 27.2 Å². The molecule has 1 aromatic rings. The molecule has 0 spiro atoms. The predicted octanol–water partition coefficient (Wildman–Crippen LogP) is 3.48. The first-order chi connectivity index (χ1) is 8.17. The Labute approximate surface area is 108 Å². The van der Waals surface area contributed by atoms with Crippen molar-refractivity contribution < 1.29 is 4.74 Å². The zero-order chi connectivity index (χ0) is 12.7. The minimum Gasteiger partial charge on any atom is -0.370 e. The van der Waals surface area contributed by atoms with Crippen LogP contribution >= 0.6 is 11.5 Å². The van der Waals surface area contributed by atoms with Crippen LogP contribution in [-0.4, -0.2) is 22.5 Å². The van der Waals surface area contributed by atoms with Gasteiger partial charge in [-0.25, -0.2) is 4.98 Å². The zero-order valence-corrected chi connectivity index (χ0v) is 12.0. The lowest BCUT2D eigenvalue weighted by Crippen LogP contribution is -2.09. The van der Waals surface area contributed by atoms with Crippen LogP contribution in [-0.2, 0) is 4.74 Å². The Balaban J connectivity index is 2.57. The third kappa shape index (κ3) is 5.00. The van der Waals surface area contributed by atoms with Gasteiger partial charge in [0.1, 0.15) is 6.10 Å². The van der Waals surface area contributed by atoms with Crippen molar-refractivity contribution in [2.45, 2.75) is 46.6 Å². The molecule has 0 aliphatic carbocycles. The number of nitrogens with zero attached hydrogens (tertiary/aromatic N) is 2. The van der Waals surface area contributed by atoms with Crippen LogP contribution in [0.1, 0.15) is 52.5 Å². The van der Waals surface area contributed by atoms with E-state index in [-0.39, 0.29) is 6.10 Å². The molecule has 1 atom stereocenters. The molecule has 0 saturated heterocycles. The number of rotatable bonds is 8. The van der Waals surface area contributed by atoms with E-state index in [1.165, 1.54) is 11.5 Å². The molecule has 1 heterocycles. The Bertz CT molecular complexity index is 308. The van der Waals surface area contributed by atoms with Gasteiger partial charge in [0, 0.05) is 24.7 Å². The first-order valence-electron chi connectivity index (χ1n) is 6.36. The molecule has 0 fully saturated rings. The minimum absolute atomic E-state index is 0.0517. The van der Waals surface area contributed by atoms with Gasteiger partial charge in [0.2, 0.25) is 5.13 Å². The number of aromatic nitrogens is 2. The van der Waals surface area contributed by atoms with Crippen LogP contribution in [0.4, 0.5) is 5.13 Å². The van der Waals surface area contributed by atoms with Crippen molar-refractivity contribution >= 4 is 16.7 Å². The van der Waals surface area contributed by atoms with Crippen molar-refractivity contribution in [3.63, 3.8) is 0 Å². The smallest absolute Gasteiger partial charge is 0.202 e. The maximum atomic E-state index is 5.66. The maximum Gasteiger partial charge on any atom is 0.202 e. The largest absolute Gasteiger partial charge is 0.370 e. The van der Waals surface area contributed by atoms with Crippen LogP contribution in [0.2, 0.25) is 0 Å². The summed E-state index contributed by atoms with van der Waals surface area (Å²) in [6, 6.07) is 0. The molecule has 1 rings (SSSR count). The molecule has 5 heteroatoms. The molecule has 0 amide bonds. The van der Waals surface area contributed by atoms with Crippen molar-refractivity contribution in [2.75, 3.05) is 18.5 Å². The fraction of sp³-hybridized carbons (Fsp3) is 0.833. The van der Waals surface area contributed by atoms with E-state index in [0.717, 1.165) is 30.3 Å². The van der Waals surface area contributed by atoms with Gasteiger partial charge in [0.05, 0.1) is 0 Å². The summed E-state index contributed by atoms with van der Waals surface area (Å²) in [6.07, 6.45) is 2.11. The average molecular weight is 257 g/mol. The second-order valence-electron chi connectivity index (χ2n) is 4.47. The Hall–Kier alpha value is -0.680.